The number of aromatic nitrogens is 2. The Labute approximate surface area is 162 Å². The van der Waals surface area contributed by atoms with Crippen molar-refractivity contribution in [2.24, 2.45) is 0 Å². The molecule has 0 atom stereocenters. The fourth-order valence-electron chi connectivity index (χ4n) is 2.50. The van der Waals surface area contributed by atoms with Gasteiger partial charge < -0.3 is 9.55 Å². The first kappa shape index (κ1) is 17.9. The number of para-hydroxylation sites is 1. The van der Waals surface area contributed by atoms with E-state index in [2.05, 4.69) is 27.8 Å². The van der Waals surface area contributed by atoms with Gasteiger partial charge in [0.1, 0.15) is 6.07 Å². The zero-order chi connectivity index (χ0) is 18.4. The zero-order valence-corrected chi connectivity index (χ0v) is 15.2. The van der Waals surface area contributed by atoms with Crippen LogP contribution in [0.1, 0.15) is 5.56 Å². The van der Waals surface area contributed by atoms with Crippen LogP contribution in [-0.2, 0) is 0 Å². The maximum Gasteiger partial charge on any atom is 0.101 e. The van der Waals surface area contributed by atoms with Crippen molar-refractivity contribution in [1.29, 1.82) is 5.26 Å². The molecule has 0 spiro atoms. The van der Waals surface area contributed by atoms with Crippen LogP contribution in [0, 0.1) is 11.3 Å². The topological polar surface area (TPSA) is 44.5 Å². The van der Waals surface area contributed by atoms with Gasteiger partial charge in [-0.05, 0) is 30.3 Å². The number of nitrogens with one attached hydrogen (secondary N) is 1. The molecule has 0 aliphatic rings. The molecule has 0 unspecified atom stereocenters. The number of hydrogen-bond donors (Lipinski definition) is 1. The highest BCUT2D eigenvalue weighted by Crippen LogP contribution is 2.34. The summed E-state index contributed by atoms with van der Waals surface area (Å²) in [4.78, 5) is 2.87. The molecule has 4 aromatic rings. The number of nitriles is 1. The first-order valence-electron chi connectivity index (χ1n) is 7.90. The maximum atomic E-state index is 8.88. The number of nitrogens with zero attached hydrogens (tertiary/aromatic N) is 2. The van der Waals surface area contributed by atoms with E-state index in [1.807, 2.05) is 48.8 Å². The van der Waals surface area contributed by atoms with Gasteiger partial charge >= 0.3 is 0 Å². The molecule has 0 radical (unpaired) electrons. The number of rotatable bonds is 2. The van der Waals surface area contributed by atoms with E-state index in [4.69, 9.17) is 28.5 Å². The molecule has 0 aliphatic carbocycles. The number of aromatic amines is 1. The van der Waals surface area contributed by atoms with E-state index in [1.54, 1.807) is 24.5 Å². The van der Waals surface area contributed by atoms with E-state index >= 15 is 0 Å². The Morgan fingerprint density at radius 1 is 0.808 bits per heavy atom. The van der Waals surface area contributed by atoms with Crippen LogP contribution >= 0.6 is 23.2 Å². The monoisotopic (exact) mass is 379 g/mol. The molecule has 2 aromatic heterocycles. The molecule has 3 nitrogen and oxygen atoms in total. The summed E-state index contributed by atoms with van der Waals surface area (Å²) in [6.45, 7) is 0. The van der Waals surface area contributed by atoms with E-state index in [-0.39, 0.29) is 0 Å². The van der Waals surface area contributed by atoms with Crippen LogP contribution in [-0.4, -0.2) is 9.55 Å². The summed E-state index contributed by atoms with van der Waals surface area (Å²) in [5.74, 6) is 0. The molecule has 0 saturated carbocycles. The molecule has 0 amide bonds. The van der Waals surface area contributed by atoms with E-state index in [0.717, 1.165) is 11.1 Å². The summed E-state index contributed by atoms with van der Waals surface area (Å²) >= 11 is 12.0. The van der Waals surface area contributed by atoms with Crippen molar-refractivity contribution in [1.82, 2.24) is 9.55 Å². The van der Waals surface area contributed by atoms with Gasteiger partial charge in [-0.2, -0.15) is 5.26 Å². The van der Waals surface area contributed by atoms with Crippen LogP contribution in [0.25, 0.3) is 16.8 Å². The number of H-pyrrole nitrogens is 1. The van der Waals surface area contributed by atoms with E-state index in [0.29, 0.717) is 15.6 Å². The minimum Gasteiger partial charge on any atom is -0.366 e. The van der Waals surface area contributed by atoms with Crippen molar-refractivity contribution in [2.75, 3.05) is 0 Å². The molecule has 1 N–H and O–H groups in total. The number of hydrogen-bond acceptors (Lipinski definition) is 1. The molecule has 4 rings (SSSR count). The average Bonchev–Trinajstić information content (AvgIpc) is 3.37. The second-order valence-electron chi connectivity index (χ2n) is 5.42. The third-order valence-electron chi connectivity index (χ3n) is 3.77. The third kappa shape index (κ3) is 4.00. The van der Waals surface area contributed by atoms with Crippen molar-refractivity contribution in [2.45, 2.75) is 0 Å². The van der Waals surface area contributed by atoms with Crippen LogP contribution in [0.2, 0.25) is 10.0 Å². The lowest BCUT2D eigenvalue weighted by Gasteiger charge is -2.03. The zero-order valence-electron chi connectivity index (χ0n) is 13.7. The average molecular weight is 380 g/mol. The lowest BCUT2D eigenvalue weighted by molar-refractivity contribution is 1.08. The SMILES string of the molecule is N#Cc1c[nH]cc1-c1cccc(Cl)c1Cl.c1ccc(-n2cccc2)cc1. The van der Waals surface area contributed by atoms with E-state index in [1.165, 1.54) is 5.69 Å². The lowest BCUT2D eigenvalue weighted by atomic mass is 10.1. The Bertz CT molecular complexity index is 1010. The Kier molecular flexibility index (Phi) is 5.80. The normalized spacial score (nSPS) is 9.88. The minimum absolute atomic E-state index is 0.468. The molecule has 2 heterocycles. The molecular weight excluding hydrogens is 365 g/mol. The maximum absolute atomic E-state index is 8.88. The minimum atomic E-state index is 0.468. The summed E-state index contributed by atoms with van der Waals surface area (Å²) in [5.41, 5.74) is 3.30. The first-order chi connectivity index (χ1) is 12.7. The second kappa shape index (κ2) is 8.44. The van der Waals surface area contributed by atoms with Crippen molar-refractivity contribution in [3.63, 3.8) is 0 Å². The van der Waals surface area contributed by atoms with Gasteiger partial charge in [0.25, 0.3) is 0 Å². The second-order valence-corrected chi connectivity index (χ2v) is 6.21. The smallest absolute Gasteiger partial charge is 0.101 e. The van der Waals surface area contributed by atoms with Gasteiger partial charge in [-0.25, -0.2) is 0 Å². The van der Waals surface area contributed by atoms with Gasteiger partial charge in [0.2, 0.25) is 0 Å². The standard InChI is InChI=1S/C11H6Cl2N2.C10H9N/c12-10-3-1-2-8(11(10)13)9-6-15-5-7(9)4-14;1-2-6-10(7-3-1)11-8-4-5-9-11/h1-3,5-6,15H;1-9H. The molecule has 26 heavy (non-hydrogen) atoms. The van der Waals surface area contributed by atoms with Crippen molar-refractivity contribution in [3.05, 3.63) is 101 Å². The summed E-state index contributed by atoms with van der Waals surface area (Å²) in [6, 6.07) is 21.7. The fourth-order valence-corrected chi connectivity index (χ4v) is 2.90. The van der Waals surface area contributed by atoms with Crippen LogP contribution in [0.4, 0.5) is 0 Å². The highest BCUT2D eigenvalue weighted by molar-refractivity contribution is 6.43. The molecule has 5 heteroatoms. The quantitative estimate of drug-likeness (QED) is 0.433. The summed E-state index contributed by atoms with van der Waals surface area (Å²) in [6.07, 6.45) is 7.44. The Hall–Kier alpha value is -2.93. The van der Waals surface area contributed by atoms with Crippen LogP contribution in [0.3, 0.4) is 0 Å². The van der Waals surface area contributed by atoms with Crippen LogP contribution in [0.15, 0.2) is 85.5 Å². The molecular formula is C21H15Cl2N3. The number of benzene rings is 2. The highest BCUT2D eigenvalue weighted by atomic mass is 35.5. The largest absolute Gasteiger partial charge is 0.366 e. The van der Waals surface area contributed by atoms with Gasteiger partial charge in [0.05, 0.1) is 15.6 Å². The highest BCUT2D eigenvalue weighted by Gasteiger charge is 2.11. The Morgan fingerprint density at radius 2 is 1.54 bits per heavy atom. The van der Waals surface area contributed by atoms with Gasteiger partial charge in [-0.1, -0.05) is 53.5 Å². The van der Waals surface area contributed by atoms with Crippen molar-refractivity contribution >= 4 is 23.2 Å². The van der Waals surface area contributed by atoms with Gasteiger partial charge in [-0.15, -0.1) is 0 Å². The number of halogens is 2. The summed E-state index contributed by atoms with van der Waals surface area (Å²) in [7, 11) is 0. The Balaban J connectivity index is 0.000000158. The van der Waals surface area contributed by atoms with Crippen molar-refractivity contribution in [3.8, 4) is 22.9 Å². The van der Waals surface area contributed by atoms with Gasteiger partial charge in [0.15, 0.2) is 0 Å². The molecule has 0 saturated heterocycles. The summed E-state index contributed by atoms with van der Waals surface area (Å²) in [5, 5.41) is 9.84. The molecule has 0 bridgehead atoms. The van der Waals surface area contributed by atoms with Gasteiger partial charge in [-0.3, -0.25) is 0 Å². The van der Waals surface area contributed by atoms with Crippen LogP contribution < -0.4 is 0 Å². The molecule has 128 valence electrons. The fraction of sp³-hybridized carbons (Fsp3) is 0. The molecule has 0 aliphatic heterocycles. The predicted molar refractivity (Wildman–Crippen MR) is 107 cm³/mol. The first-order valence-corrected chi connectivity index (χ1v) is 8.66. The van der Waals surface area contributed by atoms with Crippen LogP contribution in [0.5, 0.6) is 0 Å². The Morgan fingerprint density at radius 3 is 2.23 bits per heavy atom. The van der Waals surface area contributed by atoms with E-state index < -0.39 is 0 Å². The lowest BCUT2D eigenvalue weighted by Crippen LogP contribution is -1.86. The van der Waals surface area contributed by atoms with Crippen molar-refractivity contribution < 1.29 is 0 Å². The third-order valence-corrected chi connectivity index (χ3v) is 4.59. The summed E-state index contributed by atoms with van der Waals surface area (Å²) < 4.78 is 2.08. The van der Waals surface area contributed by atoms with Gasteiger partial charge in [0, 0.05) is 41.6 Å². The molecule has 2 aromatic carbocycles. The van der Waals surface area contributed by atoms with E-state index in [9.17, 15) is 0 Å². The predicted octanol–water partition coefficient (Wildman–Crippen LogP) is 6.34. The molecule has 0 fully saturated rings.